The average Bonchev–Trinajstić information content (AvgIpc) is 2.19. The van der Waals surface area contributed by atoms with Crippen LogP contribution in [0.2, 0.25) is 0 Å². The lowest BCUT2D eigenvalue weighted by atomic mass is 9.93. The van der Waals surface area contributed by atoms with Crippen molar-refractivity contribution in [3.63, 3.8) is 0 Å². The van der Waals surface area contributed by atoms with Gasteiger partial charge in [-0.1, -0.05) is 13.3 Å². The molecule has 0 saturated heterocycles. The van der Waals surface area contributed by atoms with E-state index in [0.29, 0.717) is 12.2 Å². The summed E-state index contributed by atoms with van der Waals surface area (Å²) in [5.41, 5.74) is 0. The van der Waals surface area contributed by atoms with E-state index in [2.05, 4.69) is 26.2 Å². The highest BCUT2D eigenvalue weighted by molar-refractivity contribution is 4.76. The van der Waals surface area contributed by atoms with Crippen LogP contribution >= 0.6 is 0 Å². The van der Waals surface area contributed by atoms with Gasteiger partial charge in [-0.2, -0.15) is 0 Å². The van der Waals surface area contributed by atoms with Gasteiger partial charge < -0.3 is 10.1 Å². The van der Waals surface area contributed by atoms with Crippen LogP contribution in [-0.4, -0.2) is 25.3 Å². The predicted molar refractivity (Wildman–Crippen MR) is 60.6 cm³/mol. The molecule has 1 rings (SSSR count). The highest BCUT2D eigenvalue weighted by Gasteiger charge is 2.21. The van der Waals surface area contributed by atoms with Crippen LogP contribution in [0.5, 0.6) is 0 Å². The van der Waals surface area contributed by atoms with Crippen LogP contribution in [0, 0.1) is 0 Å². The van der Waals surface area contributed by atoms with Crippen molar-refractivity contribution in [1.82, 2.24) is 5.32 Å². The number of hydrogen-bond donors (Lipinski definition) is 1. The maximum Gasteiger partial charge on any atom is 0.0580 e. The summed E-state index contributed by atoms with van der Waals surface area (Å²) in [7, 11) is 2.06. The molecular weight excluding hydrogens is 174 g/mol. The van der Waals surface area contributed by atoms with Gasteiger partial charge in [0.2, 0.25) is 0 Å². The molecular formula is C12H25NO. The molecule has 0 heterocycles. The molecule has 0 bridgehead atoms. The fourth-order valence-corrected chi connectivity index (χ4v) is 2.29. The molecule has 0 aromatic heterocycles. The quantitative estimate of drug-likeness (QED) is 0.735. The van der Waals surface area contributed by atoms with Gasteiger partial charge >= 0.3 is 0 Å². The Bertz CT molecular complexity index is 141. The van der Waals surface area contributed by atoms with E-state index >= 15 is 0 Å². The Kier molecular flexibility index (Phi) is 5.49. The van der Waals surface area contributed by atoms with E-state index in [1.54, 1.807) is 0 Å². The number of hydrogen-bond acceptors (Lipinski definition) is 2. The van der Waals surface area contributed by atoms with Crippen LogP contribution in [0.15, 0.2) is 0 Å². The lowest BCUT2D eigenvalue weighted by Crippen LogP contribution is -2.34. The van der Waals surface area contributed by atoms with Crippen molar-refractivity contribution in [1.29, 1.82) is 0 Å². The number of nitrogens with one attached hydrogen (secondary N) is 1. The normalized spacial score (nSPS) is 30.2. The minimum atomic E-state index is 0.455. The summed E-state index contributed by atoms with van der Waals surface area (Å²) in [6, 6.07) is 0.733. The first-order chi connectivity index (χ1) is 6.76. The number of ether oxygens (including phenoxy) is 1. The van der Waals surface area contributed by atoms with Gasteiger partial charge in [-0.3, -0.25) is 0 Å². The molecule has 84 valence electrons. The highest BCUT2D eigenvalue weighted by Crippen LogP contribution is 2.22. The van der Waals surface area contributed by atoms with Gasteiger partial charge in [0.05, 0.1) is 12.2 Å². The first-order valence-corrected chi connectivity index (χ1v) is 6.09. The van der Waals surface area contributed by atoms with E-state index in [1.807, 2.05) is 0 Å². The Balaban J connectivity index is 2.15. The lowest BCUT2D eigenvalue weighted by molar-refractivity contribution is -0.0279. The Labute approximate surface area is 88.4 Å². The van der Waals surface area contributed by atoms with Crippen molar-refractivity contribution in [2.75, 3.05) is 7.05 Å². The molecule has 0 aliphatic heterocycles. The van der Waals surface area contributed by atoms with Crippen LogP contribution < -0.4 is 5.32 Å². The SMILES string of the molecule is CCCC(C)OC1CCC(NC)CC1. The molecule has 1 aliphatic rings. The molecule has 2 heteroatoms. The second-order valence-electron chi connectivity index (χ2n) is 4.50. The largest absolute Gasteiger partial charge is 0.375 e. The average molecular weight is 199 g/mol. The summed E-state index contributed by atoms with van der Waals surface area (Å²) in [5.74, 6) is 0. The molecule has 14 heavy (non-hydrogen) atoms. The van der Waals surface area contributed by atoms with Crippen molar-refractivity contribution >= 4 is 0 Å². The zero-order valence-electron chi connectivity index (χ0n) is 9.88. The third kappa shape index (κ3) is 3.97. The van der Waals surface area contributed by atoms with Gasteiger partial charge in [0.1, 0.15) is 0 Å². The zero-order chi connectivity index (χ0) is 10.4. The summed E-state index contributed by atoms with van der Waals surface area (Å²) >= 11 is 0. The van der Waals surface area contributed by atoms with Crippen molar-refractivity contribution in [2.45, 2.75) is 70.6 Å². The van der Waals surface area contributed by atoms with Crippen LogP contribution in [0.4, 0.5) is 0 Å². The van der Waals surface area contributed by atoms with E-state index in [1.165, 1.54) is 38.5 Å². The Morgan fingerprint density at radius 3 is 2.43 bits per heavy atom. The van der Waals surface area contributed by atoms with Crippen LogP contribution in [-0.2, 0) is 4.74 Å². The van der Waals surface area contributed by atoms with E-state index in [-0.39, 0.29) is 0 Å². The minimum absolute atomic E-state index is 0.455. The topological polar surface area (TPSA) is 21.3 Å². The van der Waals surface area contributed by atoms with Crippen LogP contribution in [0.1, 0.15) is 52.4 Å². The first kappa shape index (κ1) is 12.0. The van der Waals surface area contributed by atoms with Gasteiger partial charge in [0.15, 0.2) is 0 Å². The molecule has 2 nitrogen and oxygen atoms in total. The molecule has 0 radical (unpaired) electrons. The fraction of sp³-hybridized carbons (Fsp3) is 1.00. The second kappa shape index (κ2) is 6.41. The molecule has 1 N–H and O–H groups in total. The predicted octanol–water partition coefficient (Wildman–Crippen LogP) is 2.72. The highest BCUT2D eigenvalue weighted by atomic mass is 16.5. The third-order valence-electron chi connectivity index (χ3n) is 3.20. The van der Waals surface area contributed by atoms with Crippen molar-refractivity contribution < 1.29 is 4.74 Å². The molecule has 1 atom stereocenters. The summed E-state index contributed by atoms with van der Waals surface area (Å²) < 4.78 is 6.00. The molecule has 0 amide bonds. The molecule has 0 aromatic carbocycles. The smallest absolute Gasteiger partial charge is 0.0580 e. The maximum absolute atomic E-state index is 6.00. The van der Waals surface area contributed by atoms with E-state index in [4.69, 9.17) is 4.74 Å². The maximum atomic E-state index is 6.00. The third-order valence-corrected chi connectivity index (χ3v) is 3.20. The van der Waals surface area contributed by atoms with Gasteiger partial charge in [-0.25, -0.2) is 0 Å². The van der Waals surface area contributed by atoms with Crippen LogP contribution in [0.25, 0.3) is 0 Å². The van der Waals surface area contributed by atoms with Crippen molar-refractivity contribution in [3.8, 4) is 0 Å². The molecule has 0 spiro atoms. The van der Waals surface area contributed by atoms with E-state index in [9.17, 15) is 0 Å². The molecule has 1 saturated carbocycles. The zero-order valence-corrected chi connectivity index (χ0v) is 9.88. The van der Waals surface area contributed by atoms with E-state index < -0.39 is 0 Å². The second-order valence-corrected chi connectivity index (χ2v) is 4.50. The van der Waals surface area contributed by atoms with Gasteiger partial charge in [-0.05, 0) is 46.1 Å². The fourth-order valence-electron chi connectivity index (χ4n) is 2.29. The number of rotatable bonds is 5. The van der Waals surface area contributed by atoms with Crippen LogP contribution in [0.3, 0.4) is 0 Å². The first-order valence-electron chi connectivity index (χ1n) is 6.09. The Hall–Kier alpha value is -0.0800. The van der Waals surface area contributed by atoms with Crippen molar-refractivity contribution in [2.24, 2.45) is 0 Å². The summed E-state index contributed by atoms with van der Waals surface area (Å²) in [6.45, 7) is 4.42. The Morgan fingerprint density at radius 2 is 1.93 bits per heavy atom. The monoisotopic (exact) mass is 199 g/mol. The molecule has 0 aromatic rings. The van der Waals surface area contributed by atoms with Gasteiger partial charge in [-0.15, -0.1) is 0 Å². The summed E-state index contributed by atoms with van der Waals surface area (Å²) in [6.07, 6.45) is 8.44. The van der Waals surface area contributed by atoms with E-state index in [0.717, 1.165) is 6.04 Å². The van der Waals surface area contributed by atoms with Gasteiger partial charge in [0.25, 0.3) is 0 Å². The van der Waals surface area contributed by atoms with Gasteiger partial charge in [0, 0.05) is 6.04 Å². The lowest BCUT2D eigenvalue weighted by Gasteiger charge is -2.30. The summed E-state index contributed by atoms with van der Waals surface area (Å²) in [5, 5.41) is 3.35. The molecule has 1 aliphatic carbocycles. The standard InChI is InChI=1S/C12H25NO/c1-4-5-10(2)14-12-8-6-11(13-3)7-9-12/h10-13H,4-9H2,1-3H3. The van der Waals surface area contributed by atoms with Crippen molar-refractivity contribution in [3.05, 3.63) is 0 Å². The Morgan fingerprint density at radius 1 is 1.29 bits per heavy atom. The molecule has 1 unspecified atom stereocenters. The minimum Gasteiger partial charge on any atom is -0.375 e. The summed E-state index contributed by atoms with van der Waals surface area (Å²) in [4.78, 5) is 0. The molecule has 1 fully saturated rings.